The molecule has 3 heteroatoms. The normalized spacial score (nSPS) is 37.8. The maximum atomic E-state index is 5.73. The lowest BCUT2D eigenvalue weighted by molar-refractivity contribution is 0.260. The molecule has 2 rings (SSSR count). The quantitative estimate of drug-likeness (QED) is 0.674. The van der Waals surface area contributed by atoms with Crippen molar-refractivity contribution < 1.29 is 0 Å². The van der Waals surface area contributed by atoms with Crippen LogP contribution in [0.5, 0.6) is 0 Å². The van der Waals surface area contributed by atoms with E-state index < -0.39 is 0 Å². The van der Waals surface area contributed by atoms with Crippen LogP contribution in [-0.4, -0.2) is 29.6 Å². The fourth-order valence-electron chi connectivity index (χ4n) is 2.00. The van der Waals surface area contributed by atoms with Gasteiger partial charge in [-0.1, -0.05) is 0 Å². The van der Waals surface area contributed by atoms with E-state index in [1.54, 1.807) is 0 Å². The Morgan fingerprint density at radius 3 is 2.33 bits per heavy atom. The first kappa shape index (κ1) is 8.85. The van der Waals surface area contributed by atoms with E-state index in [2.05, 4.69) is 17.1 Å². The van der Waals surface area contributed by atoms with Crippen molar-refractivity contribution in [3.63, 3.8) is 0 Å². The smallest absolute Gasteiger partial charge is 0.00991 e. The lowest BCUT2D eigenvalue weighted by Crippen LogP contribution is -2.52. The van der Waals surface area contributed by atoms with Gasteiger partial charge in [-0.3, -0.25) is 0 Å². The van der Waals surface area contributed by atoms with Crippen molar-refractivity contribution in [3.8, 4) is 0 Å². The van der Waals surface area contributed by atoms with E-state index in [9.17, 15) is 0 Å². The molecule has 0 aromatic carbocycles. The fraction of sp³-hybridized carbons (Fsp3) is 1.00. The van der Waals surface area contributed by atoms with E-state index in [0.717, 1.165) is 12.1 Å². The van der Waals surface area contributed by atoms with Gasteiger partial charge in [-0.05, 0) is 37.2 Å². The molecule has 1 saturated heterocycles. The van der Waals surface area contributed by atoms with Gasteiger partial charge in [-0.15, -0.1) is 0 Å². The maximum absolute atomic E-state index is 5.73. The molecule has 0 aromatic heterocycles. The van der Waals surface area contributed by atoms with E-state index in [1.165, 1.54) is 37.2 Å². The van der Waals surface area contributed by atoms with E-state index in [4.69, 9.17) is 5.73 Å². The van der Waals surface area contributed by atoms with Crippen LogP contribution in [0.25, 0.3) is 0 Å². The second-order valence-corrected chi connectivity index (χ2v) is 5.21. The molecular weight excluding hydrogens is 168 g/mol. The van der Waals surface area contributed by atoms with Crippen molar-refractivity contribution in [2.24, 2.45) is 5.73 Å². The molecule has 0 spiro atoms. The minimum Gasteiger partial charge on any atom is -0.328 e. The Hall–Kier alpha value is 0.270. The SMILES string of the molecule is NC1CC(NC2CCSCC2)C1. The Labute approximate surface area is 78.7 Å². The van der Waals surface area contributed by atoms with Crippen LogP contribution in [0.4, 0.5) is 0 Å². The van der Waals surface area contributed by atoms with Gasteiger partial charge in [0.1, 0.15) is 0 Å². The fourth-order valence-corrected chi connectivity index (χ4v) is 3.10. The molecule has 1 aliphatic heterocycles. The first-order valence-corrected chi connectivity index (χ1v) is 6.09. The van der Waals surface area contributed by atoms with Crippen LogP contribution in [0.3, 0.4) is 0 Å². The molecular formula is C9H18N2S. The molecule has 0 unspecified atom stereocenters. The third kappa shape index (κ3) is 2.15. The molecule has 0 aromatic rings. The lowest BCUT2D eigenvalue weighted by atomic mass is 9.87. The summed E-state index contributed by atoms with van der Waals surface area (Å²) in [7, 11) is 0. The topological polar surface area (TPSA) is 38.0 Å². The minimum absolute atomic E-state index is 0.487. The van der Waals surface area contributed by atoms with Gasteiger partial charge >= 0.3 is 0 Å². The van der Waals surface area contributed by atoms with Crippen LogP contribution in [0.1, 0.15) is 25.7 Å². The molecule has 3 N–H and O–H groups in total. The molecule has 12 heavy (non-hydrogen) atoms. The number of nitrogens with one attached hydrogen (secondary N) is 1. The summed E-state index contributed by atoms with van der Waals surface area (Å²) in [6.45, 7) is 0. The Morgan fingerprint density at radius 1 is 1.08 bits per heavy atom. The minimum atomic E-state index is 0.487. The number of hydrogen-bond acceptors (Lipinski definition) is 3. The van der Waals surface area contributed by atoms with Gasteiger partial charge < -0.3 is 11.1 Å². The molecule has 2 fully saturated rings. The summed E-state index contributed by atoms with van der Waals surface area (Å²) in [6, 6.07) is 2.03. The number of nitrogens with two attached hydrogens (primary N) is 1. The highest BCUT2D eigenvalue weighted by Gasteiger charge is 2.28. The summed E-state index contributed by atoms with van der Waals surface area (Å²) in [5, 5.41) is 3.69. The summed E-state index contributed by atoms with van der Waals surface area (Å²) < 4.78 is 0. The Kier molecular flexibility index (Phi) is 2.94. The number of rotatable bonds is 2. The highest BCUT2D eigenvalue weighted by atomic mass is 32.2. The largest absolute Gasteiger partial charge is 0.328 e. The molecule has 0 atom stereocenters. The standard InChI is InChI=1S/C9H18N2S/c10-7-5-9(6-7)11-8-1-3-12-4-2-8/h7-9,11H,1-6,10H2. The predicted octanol–water partition coefficient (Wildman–Crippen LogP) is 0.961. The first-order chi connectivity index (χ1) is 5.84. The summed E-state index contributed by atoms with van der Waals surface area (Å²) in [5.41, 5.74) is 5.73. The Balaban J connectivity index is 1.65. The monoisotopic (exact) mass is 186 g/mol. The summed E-state index contributed by atoms with van der Waals surface area (Å²) in [4.78, 5) is 0. The molecule has 70 valence electrons. The van der Waals surface area contributed by atoms with Gasteiger partial charge in [-0.2, -0.15) is 11.8 Å². The van der Waals surface area contributed by atoms with Crippen LogP contribution in [0.2, 0.25) is 0 Å². The van der Waals surface area contributed by atoms with Crippen molar-refractivity contribution in [3.05, 3.63) is 0 Å². The van der Waals surface area contributed by atoms with Gasteiger partial charge in [0.25, 0.3) is 0 Å². The molecule has 2 aliphatic rings. The first-order valence-electron chi connectivity index (χ1n) is 4.94. The Morgan fingerprint density at radius 2 is 1.75 bits per heavy atom. The molecule has 0 bridgehead atoms. The van der Waals surface area contributed by atoms with Gasteiger partial charge in [0.05, 0.1) is 0 Å². The molecule has 1 saturated carbocycles. The number of thioether (sulfide) groups is 1. The van der Waals surface area contributed by atoms with Gasteiger partial charge in [-0.25, -0.2) is 0 Å². The summed E-state index contributed by atoms with van der Waals surface area (Å²) in [5.74, 6) is 2.69. The van der Waals surface area contributed by atoms with Crippen molar-refractivity contribution >= 4 is 11.8 Å². The molecule has 0 amide bonds. The van der Waals surface area contributed by atoms with Crippen molar-refractivity contribution in [1.82, 2.24) is 5.32 Å². The lowest BCUT2D eigenvalue weighted by Gasteiger charge is -2.37. The average molecular weight is 186 g/mol. The summed E-state index contributed by atoms with van der Waals surface area (Å²) >= 11 is 2.09. The maximum Gasteiger partial charge on any atom is 0.00991 e. The van der Waals surface area contributed by atoms with Gasteiger partial charge in [0.2, 0.25) is 0 Å². The van der Waals surface area contributed by atoms with Gasteiger partial charge in [0, 0.05) is 18.1 Å². The second kappa shape index (κ2) is 3.99. The third-order valence-electron chi connectivity index (χ3n) is 2.87. The zero-order valence-corrected chi connectivity index (χ0v) is 8.28. The van der Waals surface area contributed by atoms with Crippen LogP contribution >= 0.6 is 11.8 Å². The molecule has 1 heterocycles. The highest BCUT2D eigenvalue weighted by Crippen LogP contribution is 2.22. The Bertz CT molecular complexity index is 139. The summed E-state index contributed by atoms with van der Waals surface area (Å²) in [6.07, 6.45) is 5.11. The van der Waals surface area contributed by atoms with E-state index in [-0.39, 0.29) is 0 Å². The van der Waals surface area contributed by atoms with Crippen LogP contribution in [-0.2, 0) is 0 Å². The zero-order valence-electron chi connectivity index (χ0n) is 7.46. The van der Waals surface area contributed by atoms with Crippen molar-refractivity contribution in [1.29, 1.82) is 0 Å². The van der Waals surface area contributed by atoms with Crippen molar-refractivity contribution in [2.45, 2.75) is 43.8 Å². The van der Waals surface area contributed by atoms with Crippen molar-refractivity contribution in [2.75, 3.05) is 11.5 Å². The van der Waals surface area contributed by atoms with E-state index >= 15 is 0 Å². The molecule has 0 radical (unpaired) electrons. The molecule has 2 nitrogen and oxygen atoms in total. The van der Waals surface area contributed by atoms with Crippen LogP contribution in [0, 0.1) is 0 Å². The van der Waals surface area contributed by atoms with Crippen LogP contribution < -0.4 is 11.1 Å². The zero-order chi connectivity index (χ0) is 8.39. The van der Waals surface area contributed by atoms with E-state index in [0.29, 0.717) is 6.04 Å². The van der Waals surface area contributed by atoms with E-state index in [1.807, 2.05) is 0 Å². The second-order valence-electron chi connectivity index (χ2n) is 3.98. The third-order valence-corrected chi connectivity index (χ3v) is 3.92. The van der Waals surface area contributed by atoms with Crippen LogP contribution in [0.15, 0.2) is 0 Å². The number of hydrogen-bond donors (Lipinski definition) is 2. The van der Waals surface area contributed by atoms with Gasteiger partial charge in [0.15, 0.2) is 0 Å². The predicted molar refractivity (Wildman–Crippen MR) is 54.5 cm³/mol. The highest BCUT2D eigenvalue weighted by molar-refractivity contribution is 7.99. The average Bonchev–Trinajstić information content (AvgIpc) is 2.04. The molecule has 1 aliphatic carbocycles.